The first-order valence-electron chi connectivity index (χ1n) is 5.12. The standard InChI is InChI=1S/C10H19NO4/c1-8(2)15-7-3-6-11-9(12)4-5-10(13)14/h8H,3-7H2,1-2H3,(H,11,12)(H,13,14). The zero-order chi connectivity index (χ0) is 11.7. The van der Waals surface area contributed by atoms with Gasteiger partial charge in [-0.05, 0) is 20.3 Å². The number of carbonyl (C=O) groups is 2. The van der Waals surface area contributed by atoms with Crippen molar-refractivity contribution in [3.8, 4) is 0 Å². The number of aliphatic carboxylic acids is 1. The maximum atomic E-state index is 11.0. The zero-order valence-corrected chi connectivity index (χ0v) is 9.28. The second-order valence-corrected chi connectivity index (χ2v) is 3.52. The molecule has 0 bridgehead atoms. The second-order valence-electron chi connectivity index (χ2n) is 3.52. The maximum Gasteiger partial charge on any atom is 0.303 e. The van der Waals surface area contributed by atoms with Crippen LogP contribution >= 0.6 is 0 Å². The van der Waals surface area contributed by atoms with E-state index in [9.17, 15) is 9.59 Å². The molecule has 0 aliphatic carbocycles. The Kier molecular flexibility index (Phi) is 7.62. The van der Waals surface area contributed by atoms with Gasteiger partial charge in [0.05, 0.1) is 12.5 Å². The maximum absolute atomic E-state index is 11.0. The minimum absolute atomic E-state index is 0.0420. The number of rotatable bonds is 8. The second kappa shape index (κ2) is 8.23. The van der Waals surface area contributed by atoms with Gasteiger partial charge < -0.3 is 15.2 Å². The summed E-state index contributed by atoms with van der Waals surface area (Å²) in [7, 11) is 0. The van der Waals surface area contributed by atoms with E-state index in [0.29, 0.717) is 13.2 Å². The van der Waals surface area contributed by atoms with Gasteiger partial charge in [0, 0.05) is 19.6 Å². The van der Waals surface area contributed by atoms with Crippen LogP contribution in [0.5, 0.6) is 0 Å². The van der Waals surface area contributed by atoms with Gasteiger partial charge in [-0.3, -0.25) is 9.59 Å². The number of carboxylic acid groups (broad SMARTS) is 1. The molecule has 0 spiro atoms. The monoisotopic (exact) mass is 217 g/mol. The molecule has 0 atom stereocenters. The lowest BCUT2D eigenvalue weighted by Crippen LogP contribution is -2.25. The number of carbonyl (C=O) groups excluding carboxylic acids is 1. The highest BCUT2D eigenvalue weighted by Gasteiger charge is 2.04. The van der Waals surface area contributed by atoms with E-state index in [0.717, 1.165) is 6.42 Å². The lowest BCUT2D eigenvalue weighted by atomic mass is 10.3. The summed E-state index contributed by atoms with van der Waals surface area (Å²) < 4.78 is 5.28. The Morgan fingerprint density at radius 1 is 1.33 bits per heavy atom. The molecule has 0 fully saturated rings. The fraction of sp³-hybridized carbons (Fsp3) is 0.800. The van der Waals surface area contributed by atoms with Crippen molar-refractivity contribution in [2.75, 3.05) is 13.2 Å². The van der Waals surface area contributed by atoms with Crippen LogP contribution in [0.25, 0.3) is 0 Å². The highest BCUT2D eigenvalue weighted by molar-refractivity contribution is 5.80. The molecule has 0 aromatic heterocycles. The Morgan fingerprint density at radius 3 is 2.53 bits per heavy atom. The van der Waals surface area contributed by atoms with Crippen molar-refractivity contribution in [1.29, 1.82) is 0 Å². The summed E-state index contributed by atoms with van der Waals surface area (Å²) in [5.41, 5.74) is 0. The van der Waals surface area contributed by atoms with Crippen LogP contribution in [0.3, 0.4) is 0 Å². The van der Waals surface area contributed by atoms with Gasteiger partial charge in [0.1, 0.15) is 0 Å². The van der Waals surface area contributed by atoms with E-state index in [1.165, 1.54) is 0 Å². The summed E-state index contributed by atoms with van der Waals surface area (Å²) in [6.45, 7) is 5.04. The predicted octanol–water partition coefficient (Wildman–Crippen LogP) is 0.782. The van der Waals surface area contributed by atoms with Crippen LogP contribution < -0.4 is 5.32 Å². The fourth-order valence-electron chi connectivity index (χ4n) is 0.928. The Hall–Kier alpha value is -1.10. The van der Waals surface area contributed by atoms with Gasteiger partial charge in [0.15, 0.2) is 0 Å². The molecule has 0 aromatic rings. The van der Waals surface area contributed by atoms with E-state index < -0.39 is 5.97 Å². The van der Waals surface area contributed by atoms with Crippen molar-refractivity contribution in [3.05, 3.63) is 0 Å². The minimum atomic E-state index is -0.951. The third-order valence-electron chi connectivity index (χ3n) is 1.66. The molecule has 0 aliphatic heterocycles. The Labute approximate surface area is 89.8 Å². The molecule has 1 amide bonds. The first-order chi connectivity index (χ1) is 7.02. The zero-order valence-electron chi connectivity index (χ0n) is 9.28. The van der Waals surface area contributed by atoms with Crippen molar-refractivity contribution in [2.24, 2.45) is 0 Å². The van der Waals surface area contributed by atoms with Crippen LogP contribution in [0.4, 0.5) is 0 Å². The average Bonchev–Trinajstić information content (AvgIpc) is 2.13. The summed E-state index contributed by atoms with van der Waals surface area (Å²) in [4.78, 5) is 21.2. The molecule has 2 N–H and O–H groups in total. The summed E-state index contributed by atoms with van der Waals surface area (Å²) in [5, 5.41) is 11.0. The number of ether oxygens (including phenoxy) is 1. The van der Waals surface area contributed by atoms with E-state index >= 15 is 0 Å². The Morgan fingerprint density at radius 2 is 2.00 bits per heavy atom. The number of carboxylic acids is 1. The number of hydrogen-bond donors (Lipinski definition) is 2. The number of nitrogens with one attached hydrogen (secondary N) is 1. The lowest BCUT2D eigenvalue weighted by molar-refractivity contribution is -0.138. The molecule has 0 rings (SSSR count). The lowest BCUT2D eigenvalue weighted by Gasteiger charge is -2.07. The molecule has 5 nitrogen and oxygen atoms in total. The van der Waals surface area contributed by atoms with Crippen molar-refractivity contribution in [1.82, 2.24) is 5.32 Å². The van der Waals surface area contributed by atoms with Crippen LogP contribution in [0.15, 0.2) is 0 Å². The number of hydrogen-bond acceptors (Lipinski definition) is 3. The molecular formula is C10H19NO4. The molecule has 0 aromatic carbocycles. The first-order valence-corrected chi connectivity index (χ1v) is 5.12. The highest BCUT2D eigenvalue weighted by atomic mass is 16.5. The molecular weight excluding hydrogens is 198 g/mol. The van der Waals surface area contributed by atoms with Crippen LogP contribution in [0.1, 0.15) is 33.1 Å². The molecule has 0 saturated carbocycles. The van der Waals surface area contributed by atoms with Crippen LogP contribution in [-0.2, 0) is 14.3 Å². The van der Waals surface area contributed by atoms with Gasteiger partial charge in [-0.25, -0.2) is 0 Å². The SMILES string of the molecule is CC(C)OCCCNC(=O)CCC(=O)O. The molecule has 0 heterocycles. The minimum Gasteiger partial charge on any atom is -0.481 e. The molecule has 0 saturated heterocycles. The van der Waals surface area contributed by atoms with Gasteiger partial charge in [-0.15, -0.1) is 0 Å². The summed E-state index contributed by atoms with van der Waals surface area (Å²) >= 11 is 0. The molecule has 0 unspecified atom stereocenters. The molecule has 0 radical (unpaired) electrons. The quantitative estimate of drug-likeness (QED) is 0.589. The molecule has 15 heavy (non-hydrogen) atoms. The largest absolute Gasteiger partial charge is 0.481 e. The first kappa shape index (κ1) is 13.9. The van der Waals surface area contributed by atoms with Crippen molar-refractivity contribution in [2.45, 2.75) is 39.2 Å². The average molecular weight is 217 g/mol. The van der Waals surface area contributed by atoms with Gasteiger partial charge in [-0.1, -0.05) is 0 Å². The van der Waals surface area contributed by atoms with Gasteiger partial charge in [0.2, 0.25) is 5.91 Å². The fourth-order valence-corrected chi connectivity index (χ4v) is 0.928. The highest BCUT2D eigenvalue weighted by Crippen LogP contribution is 1.91. The van der Waals surface area contributed by atoms with E-state index in [1.54, 1.807) is 0 Å². The topological polar surface area (TPSA) is 75.6 Å². The van der Waals surface area contributed by atoms with E-state index in [4.69, 9.17) is 9.84 Å². The van der Waals surface area contributed by atoms with Gasteiger partial charge in [-0.2, -0.15) is 0 Å². The van der Waals surface area contributed by atoms with Crippen molar-refractivity contribution in [3.63, 3.8) is 0 Å². The van der Waals surface area contributed by atoms with Crippen LogP contribution in [0.2, 0.25) is 0 Å². The normalized spacial score (nSPS) is 10.3. The van der Waals surface area contributed by atoms with Gasteiger partial charge >= 0.3 is 5.97 Å². The Bertz CT molecular complexity index is 204. The smallest absolute Gasteiger partial charge is 0.303 e. The molecule has 5 heteroatoms. The summed E-state index contributed by atoms with van der Waals surface area (Å²) in [6, 6.07) is 0. The van der Waals surface area contributed by atoms with E-state index in [1.807, 2.05) is 13.8 Å². The summed E-state index contributed by atoms with van der Waals surface area (Å²) in [5.74, 6) is -1.17. The van der Waals surface area contributed by atoms with Crippen LogP contribution in [-0.4, -0.2) is 36.2 Å². The molecule has 0 aliphatic rings. The predicted molar refractivity (Wildman–Crippen MR) is 55.6 cm³/mol. The molecule has 88 valence electrons. The third kappa shape index (κ3) is 10.8. The van der Waals surface area contributed by atoms with E-state index in [2.05, 4.69) is 5.32 Å². The number of amides is 1. The third-order valence-corrected chi connectivity index (χ3v) is 1.66. The summed E-state index contributed by atoms with van der Waals surface area (Å²) in [6.07, 6.45) is 0.874. The Balaban J connectivity index is 3.28. The van der Waals surface area contributed by atoms with E-state index in [-0.39, 0.29) is 24.9 Å². The van der Waals surface area contributed by atoms with Crippen molar-refractivity contribution >= 4 is 11.9 Å². The van der Waals surface area contributed by atoms with Gasteiger partial charge in [0.25, 0.3) is 0 Å². The van der Waals surface area contributed by atoms with Crippen LogP contribution in [0, 0.1) is 0 Å². The van der Waals surface area contributed by atoms with Crippen molar-refractivity contribution < 1.29 is 19.4 Å².